The minimum Gasteiger partial charge on any atom is -0.391 e. The van der Waals surface area contributed by atoms with Crippen molar-refractivity contribution >= 4 is 5.91 Å². The van der Waals surface area contributed by atoms with Crippen molar-refractivity contribution in [3.05, 3.63) is 59.8 Å². The Morgan fingerprint density at radius 3 is 2.64 bits per heavy atom. The molecule has 3 N–H and O–H groups in total. The molecule has 1 saturated heterocycles. The number of nitrogens with one attached hydrogen (secondary N) is 2. The average molecular weight is 501 g/mol. The molecule has 0 radical (unpaired) electrons. The van der Waals surface area contributed by atoms with Gasteiger partial charge in [0.05, 0.1) is 24.4 Å². The van der Waals surface area contributed by atoms with Crippen LogP contribution >= 0.6 is 0 Å². The van der Waals surface area contributed by atoms with Crippen molar-refractivity contribution in [2.24, 2.45) is 11.8 Å². The monoisotopic (exact) mass is 500 g/mol. The molecule has 0 bridgehead atoms. The molecule has 6 heteroatoms. The van der Waals surface area contributed by atoms with Gasteiger partial charge in [0.1, 0.15) is 0 Å². The largest absolute Gasteiger partial charge is 0.391 e. The van der Waals surface area contributed by atoms with Crippen molar-refractivity contribution in [1.82, 2.24) is 10.6 Å². The third kappa shape index (κ3) is 11.0. The summed E-state index contributed by atoms with van der Waals surface area (Å²) in [5.41, 5.74) is 2.62. The second-order valence-corrected chi connectivity index (χ2v) is 10.5. The van der Waals surface area contributed by atoms with E-state index in [-0.39, 0.29) is 30.1 Å². The van der Waals surface area contributed by atoms with Crippen molar-refractivity contribution in [2.45, 2.75) is 97.4 Å². The fourth-order valence-corrected chi connectivity index (χ4v) is 4.68. The first-order valence-electron chi connectivity index (χ1n) is 13.5. The maximum atomic E-state index is 12.2. The van der Waals surface area contributed by atoms with Gasteiger partial charge in [-0.25, -0.2) is 0 Å². The molecule has 202 valence electrons. The molecule has 2 aliphatic rings. The fourth-order valence-electron chi connectivity index (χ4n) is 4.68. The number of ether oxygens (including phenoxy) is 2. The van der Waals surface area contributed by atoms with Crippen LogP contribution in [-0.4, -0.2) is 55.2 Å². The summed E-state index contributed by atoms with van der Waals surface area (Å²) in [6, 6.07) is -0.105. The summed E-state index contributed by atoms with van der Waals surface area (Å²) in [6.45, 7) is 11.2. The second kappa shape index (κ2) is 16.0. The maximum Gasteiger partial charge on any atom is 0.243 e. The van der Waals surface area contributed by atoms with Crippen LogP contribution in [-0.2, 0) is 14.3 Å². The van der Waals surface area contributed by atoms with Crippen LogP contribution in [0.15, 0.2) is 59.8 Å². The standard InChI is InChI=1S/C30H48N2O4/c1-21-12-8-7-9-13-23(3)20-32-28(34)15-11-10-14-24(4)27(17-16-22(2)18-21)36-29-19-26(33)30(31-6)25(5)35-29/h7-8,10-12,14-16,23-27,29-31,33H,9,13,17-20H2,1-6H3,(H,32,34)/b8-7+,14-10+,15-11+,21-12+,22-16-/t23?,24?,25-,26+,27?,29+,30-/m1/s1. The molecule has 36 heavy (non-hydrogen) atoms. The van der Waals surface area contributed by atoms with E-state index in [1.165, 1.54) is 11.1 Å². The summed E-state index contributed by atoms with van der Waals surface area (Å²) in [6.07, 6.45) is 19.0. The van der Waals surface area contributed by atoms with E-state index in [0.717, 1.165) is 25.7 Å². The number of rotatable bonds is 3. The maximum absolute atomic E-state index is 12.2. The Bertz CT molecular complexity index is 817. The van der Waals surface area contributed by atoms with Gasteiger partial charge in [0.2, 0.25) is 5.91 Å². The van der Waals surface area contributed by atoms with E-state index in [9.17, 15) is 9.90 Å². The minimum absolute atomic E-state index is 0.0771. The van der Waals surface area contributed by atoms with Crippen LogP contribution in [0.25, 0.3) is 0 Å². The number of allylic oxidation sites excluding steroid dienone is 7. The van der Waals surface area contributed by atoms with Crippen molar-refractivity contribution in [3.8, 4) is 0 Å². The third-order valence-corrected chi connectivity index (χ3v) is 6.96. The van der Waals surface area contributed by atoms with Crippen LogP contribution in [0.2, 0.25) is 0 Å². The van der Waals surface area contributed by atoms with Crippen LogP contribution in [0, 0.1) is 11.8 Å². The molecule has 0 aromatic rings. The molecule has 0 aromatic carbocycles. The zero-order valence-electron chi connectivity index (χ0n) is 23.1. The summed E-state index contributed by atoms with van der Waals surface area (Å²) in [5.74, 6) is 0.435. The molecule has 2 heterocycles. The molecule has 0 spiro atoms. The number of carbonyl (C=O) groups is 1. The Morgan fingerprint density at radius 2 is 1.92 bits per heavy atom. The summed E-state index contributed by atoms with van der Waals surface area (Å²) >= 11 is 0. The number of aliphatic hydroxyl groups excluding tert-OH is 1. The number of hydrogen-bond acceptors (Lipinski definition) is 5. The zero-order chi connectivity index (χ0) is 26.5. The van der Waals surface area contributed by atoms with E-state index in [1.54, 1.807) is 12.2 Å². The number of amides is 1. The molecular weight excluding hydrogens is 452 g/mol. The first-order valence-corrected chi connectivity index (χ1v) is 13.5. The van der Waals surface area contributed by atoms with Crippen LogP contribution < -0.4 is 10.6 Å². The number of aliphatic hydroxyl groups is 1. The Balaban J connectivity index is 2.18. The van der Waals surface area contributed by atoms with Gasteiger partial charge in [-0.15, -0.1) is 0 Å². The highest BCUT2D eigenvalue weighted by molar-refractivity contribution is 5.87. The molecule has 1 fully saturated rings. The highest BCUT2D eigenvalue weighted by Gasteiger charge is 2.36. The summed E-state index contributed by atoms with van der Waals surface area (Å²) in [7, 11) is 1.84. The number of hydrogen-bond donors (Lipinski definition) is 3. The van der Waals surface area contributed by atoms with Crippen LogP contribution in [0.4, 0.5) is 0 Å². The number of likely N-dealkylation sites (N-methyl/N-ethyl adjacent to an activating group) is 1. The van der Waals surface area contributed by atoms with Gasteiger partial charge in [0.25, 0.3) is 0 Å². The van der Waals surface area contributed by atoms with Crippen LogP contribution in [0.1, 0.15) is 66.7 Å². The normalized spacial score (nSPS) is 39.5. The molecular formula is C30H48N2O4. The van der Waals surface area contributed by atoms with E-state index in [1.807, 2.05) is 20.0 Å². The molecule has 7 atom stereocenters. The van der Waals surface area contributed by atoms with Gasteiger partial charge < -0.3 is 25.2 Å². The smallest absolute Gasteiger partial charge is 0.243 e. The quantitative estimate of drug-likeness (QED) is 0.477. The average Bonchev–Trinajstić information content (AvgIpc) is 2.82. The van der Waals surface area contributed by atoms with E-state index >= 15 is 0 Å². The predicted molar refractivity (Wildman–Crippen MR) is 147 cm³/mol. The SMILES string of the molecule is CN[C@H]1[C@@H](O)C[C@H](OC2C/C=C(/C)C/C(C)=C/C=C/CCC(C)CNC(=O)/C=C/C=C/C2C)O[C@@H]1C. The molecule has 0 aliphatic carbocycles. The van der Waals surface area contributed by atoms with Crippen molar-refractivity contribution in [1.29, 1.82) is 0 Å². The van der Waals surface area contributed by atoms with Gasteiger partial charge in [-0.1, -0.05) is 67.5 Å². The fraction of sp³-hybridized carbons (Fsp3) is 0.633. The zero-order valence-corrected chi connectivity index (χ0v) is 23.1. The molecule has 2 rings (SSSR count). The van der Waals surface area contributed by atoms with Crippen LogP contribution in [0.5, 0.6) is 0 Å². The molecule has 0 saturated carbocycles. The van der Waals surface area contributed by atoms with E-state index in [2.05, 4.69) is 68.7 Å². The predicted octanol–water partition coefficient (Wildman–Crippen LogP) is 4.98. The highest BCUT2D eigenvalue weighted by atomic mass is 16.7. The lowest BCUT2D eigenvalue weighted by molar-refractivity contribution is -0.241. The molecule has 2 aliphatic heterocycles. The second-order valence-electron chi connectivity index (χ2n) is 10.5. The van der Waals surface area contributed by atoms with Gasteiger partial charge in [-0.2, -0.15) is 0 Å². The van der Waals surface area contributed by atoms with Crippen molar-refractivity contribution < 1.29 is 19.4 Å². The topological polar surface area (TPSA) is 79.8 Å². The molecule has 1 amide bonds. The minimum atomic E-state index is -0.524. The van der Waals surface area contributed by atoms with Gasteiger partial charge in [-0.3, -0.25) is 4.79 Å². The summed E-state index contributed by atoms with van der Waals surface area (Å²) in [4.78, 5) is 12.2. The Kier molecular flexibility index (Phi) is 13.4. The van der Waals surface area contributed by atoms with Crippen molar-refractivity contribution in [3.63, 3.8) is 0 Å². The summed E-state index contributed by atoms with van der Waals surface area (Å²) in [5, 5.41) is 16.7. The van der Waals surface area contributed by atoms with Crippen LogP contribution in [0.3, 0.4) is 0 Å². The summed E-state index contributed by atoms with van der Waals surface area (Å²) < 4.78 is 12.5. The molecule has 6 nitrogen and oxygen atoms in total. The van der Waals surface area contributed by atoms with Gasteiger partial charge in [0.15, 0.2) is 6.29 Å². The Morgan fingerprint density at radius 1 is 1.14 bits per heavy atom. The van der Waals surface area contributed by atoms with E-state index in [4.69, 9.17) is 9.47 Å². The lowest BCUT2D eigenvalue weighted by atomic mass is 9.97. The number of carbonyl (C=O) groups excluding carboxylic acids is 1. The third-order valence-electron chi connectivity index (χ3n) is 6.96. The Labute approximate surface area is 218 Å². The lowest BCUT2D eigenvalue weighted by Crippen LogP contribution is -2.54. The van der Waals surface area contributed by atoms with Gasteiger partial charge in [0, 0.05) is 25.0 Å². The highest BCUT2D eigenvalue weighted by Crippen LogP contribution is 2.26. The molecule has 3 unspecified atom stereocenters. The van der Waals surface area contributed by atoms with E-state index in [0.29, 0.717) is 18.9 Å². The van der Waals surface area contributed by atoms with E-state index < -0.39 is 12.4 Å². The lowest BCUT2D eigenvalue weighted by Gasteiger charge is -2.39. The first kappa shape index (κ1) is 30.2. The molecule has 0 aromatic heterocycles. The van der Waals surface area contributed by atoms with Gasteiger partial charge >= 0.3 is 0 Å². The van der Waals surface area contributed by atoms with Gasteiger partial charge in [-0.05, 0) is 59.4 Å². The Hall–Kier alpha value is -1.99. The first-order chi connectivity index (χ1) is 17.2. The van der Waals surface area contributed by atoms with Crippen molar-refractivity contribution in [2.75, 3.05) is 13.6 Å².